The monoisotopic (exact) mass is 369 g/mol. The Kier molecular flexibility index (Phi) is 4.58. The van der Waals surface area contributed by atoms with Gasteiger partial charge in [0, 0.05) is 3.57 Å². The molecule has 19 heavy (non-hydrogen) atoms. The zero-order chi connectivity index (χ0) is 14.0. The van der Waals surface area contributed by atoms with Crippen molar-refractivity contribution < 1.29 is 4.39 Å². The molecule has 0 aliphatic heterocycles. The number of benzene rings is 2. The predicted octanol–water partition coefficient (Wildman–Crippen LogP) is 4.36. The van der Waals surface area contributed by atoms with Gasteiger partial charge in [-0.3, -0.25) is 0 Å². The van der Waals surface area contributed by atoms with Crippen LogP contribution in [0.25, 0.3) is 0 Å². The van der Waals surface area contributed by atoms with E-state index in [2.05, 4.69) is 40.0 Å². The Labute approximate surface area is 127 Å². The summed E-state index contributed by atoms with van der Waals surface area (Å²) in [5.41, 5.74) is 4.35. The lowest BCUT2D eigenvalue weighted by molar-refractivity contribution is 0.618. The minimum atomic E-state index is -0.170. The first-order chi connectivity index (χ1) is 9.04. The van der Waals surface area contributed by atoms with Crippen molar-refractivity contribution in [3.05, 3.63) is 68.0 Å². The molecule has 0 spiro atoms. The molecule has 1 nitrogen and oxygen atoms in total. The van der Waals surface area contributed by atoms with Crippen LogP contribution in [0.3, 0.4) is 0 Å². The number of halogens is 2. The second-order valence-corrected chi connectivity index (χ2v) is 5.86. The number of hydrogen-bond acceptors (Lipinski definition) is 1. The van der Waals surface area contributed by atoms with Crippen molar-refractivity contribution in [3.63, 3.8) is 0 Å². The van der Waals surface area contributed by atoms with Gasteiger partial charge in [0.15, 0.2) is 0 Å². The zero-order valence-corrected chi connectivity index (χ0v) is 13.5. The molecule has 0 amide bonds. The van der Waals surface area contributed by atoms with Gasteiger partial charge in [0.2, 0.25) is 0 Å². The van der Waals surface area contributed by atoms with Gasteiger partial charge in [-0.15, -0.1) is 0 Å². The van der Waals surface area contributed by atoms with Crippen LogP contribution >= 0.6 is 22.6 Å². The topological polar surface area (TPSA) is 12.0 Å². The lowest BCUT2D eigenvalue weighted by Gasteiger charge is -2.23. The molecule has 0 heterocycles. The molecule has 0 fully saturated rings. The van der Waals surface area contributed by atoms with Gasteiger partial charge in [0.1, 0.15) is 5.82 Å². The van der Waals surface area contributed by atoms with E-state index >= 15 is 0 Å². The van der Waals surface area contributed by atoms with E-state index in [1.54, 1.807) is 12.1 Å². The predicted molar refractivity (Wildman–Crippen MR) is 85.9 cm³/mol. The van der Waals surface area contributed by atoms with Gasteiger partial charge >= 0.3 is 0 Å². The van der Waals surface area contributed by atoms with Crippen LogP contribution in [0.15, 0.2) is 36.4 Å². The van der Waals surface area contributed by atoms with Gasteiger partial charge in [-0.05, 0) is 83.9 Å². The largest absolute Gasteiger partial charge is 0.309 e. The smallest absolute Gasteiger partial charge is 0.123 e. The second kappa shape index (κ2) is 6.01. The van der Waals surface area contributed by atoms with Crippen molar-refractivity contribution in [3.8, 4) is 0 Å². The third-order valence-electron chi connectivity index (χ3n) is 3.35. The molecule has 0 aliphatic carbocycles. The molecule has 1 N–H and O–H groups in total. The van der Waals surface area contributed by atoms with Crippen LogP contribution < -0.4 is 5.32 Å². The SMILES string of the molecule is CNC(c1ccccc1I)c1c(C)cc(F)cc1C. The van der Waals surface area contributed by atoms with E-state index < -0.39 is 0 Å². The Bertz CT molecular complexity index is 572. The molecule has 0 saturated carbocycles. The van der Waals surface area contributed by atoms with Crippen molar-refractivity contribution in [2.45, 2.75) is 19.9 Å². The van der Waals surface area contributed by atoms with Gasteiger partial charge in [-0.25, -0.2) is 4.39 Å². The summed E-state index contributed by atoms with van der Waals surface area (Å²) in [6, 6.07) is 11.6. The maximum Gasteiger partial charge on any atom is 0.123 e. The molecule has 0 aromatic heterocycles. The summed E-state index contributed by atoms with van der Waals surface area (Å²) in [6.07, 6.45) is 0. The number of rotatable bonds is 3. The third-order valence-corrected chi connectivity index (χ3v) is 4.33. The summed E-state index contributed by atoms with van der Waals surface area (Å²) in [4.78, 5) is 0. The fourth-order valence-electron chi connectivity index (χ4n) is 2.54. The normalized spacial score (nSPS) is 12.5. The van der Waals surface area contributed by atoms with Crippen molar-refractivity contribution in [2.75, 3.05) is 7.05 Å². The molecule has 1 atom stereocenters. The Morgan fingerprint density at radius 1 is 1.11 bits per heavy atom. The second-order valence-electron chi connectivity index (χ2n) is 4.70. The minimum Gasteiger partial charge on any atom is -0.309 e. The summed E-state index contributed by atoms with van der Waals surface area (Å²) in [7, 11) is 1.94. The maximum atomic E-state index is 13.4. The molecule has 0 bridgehead atoms. The minimum absolute atomic E-state index is 0.0914. The van der Waals surface area contributed by atoms with E-state index in [1.807, 2.05) is 33.0 Å². The highest BCUT2D eigenvalue weighted by atomic mass is 127. The molecule has 100 valence electrons. The Morgan fingerprint density at radius 3 is 2.21 bits per heavy atom. The molecule has 2 rings (SSSR count). The molecule has 1 unspecified atom stereocenters. The fraction of sp³-hybridized carbons (Fsp3) is 0.250. The molecule has 0 radical (unpaired) electrons. The van der Waals surface area contributed by atoms with Gasteiger partial charge in [-0.1, -0.05) is 18.2 Å². The van der Waals surface area contributed by atoms with Crippen LogP contribution in [0.5, 0.6) is 0 Å². The van der Waals surface area contributed by atoms with Crippen molar-refractivity contribution in [1.29, 1.82) is 0 Å². The van der Waals surface area contributed by atoms with E-state index in [9.17, 15) is 4.39 Å². The van der Waals surface area contributed by atoms with Gasteiger partial charge < -0.3 is 5.32 Å². The van der Waals surface area contributed by atoms with Crippen LogP contribution in [-0.2, 0) is 0 Å². The molecular formula is C16H17FIN. The summed E-state index contributed by atoms with van der Waals surface area (Å²) >= 11 is 2.34. The van der Waals surface area contributed by atoms with Crippen LogP contribution in [0.4, 0.5) is 4.39 Å². The number of hydrogen-bond donors (Lipinski definition) is 1. The summed E-state index contributed by atoms with van der Waals surface area (Å²) < 4.78 is 14.6. The van der Waals surface area contributed by atoms with Crippen molar-refractivity contribution in [1.82, 2.24) is 5.32 Å². The molecule has 2 aromatic rings. The standard InChI is InChI=1S/C16H17FIN/c1-10-8-12(17)9-11(2)15(10)16(19-3)13-6-4-5-7-14(13)18/h4-9,16,19H,1-3H3. The summed E-state index contributed by atoms with van der Waals surface area (Å²) in [5.74, 6) is -0.170. The highest BCUT2D eigenvalue weighted by Crippen LogP contribution is 2.30. The number of nitrogens with one attached hydrogen (secondary N) is 1. The third kappa shape index (κ3) is 2.98. The van der Waals surface area contributed by atoms with Gasteiger partial charge in [0.05, 0.1) is 6.04 Å². The lowest BCUT2D eigenvalue weighted by Crippen LogP contribution is -2.21. The first kappa shape index (κ1) is 14.5. The highest BCUT2D eigenvalue weighted by Gasteiger charge is 2.19. The van der Waals surface area contributed by atoms with E-state index in [1.165, 1.54) is 9.13 Å². The average Bonchev–Trinajstić information content (AvgIpc) is 2.34. The molecule has 2 aromatic carbocycles. The van der Waals surface area contributed by atoms with Gasteiger partial charge in [0.25, 0.3) is 0 Å². The summed E-state index contributed by atoms with van der Waals surface area (Å²) in [5, 5.41) is 3.35. The molecule has 0 saturated heterocycles. The van der Waals surface area contributed by atoms with Crippen molar-refractivity contribution in [2.24, 2.45) is 0 Å². The first-order valence-corrected chi connectivity index (χ1v) is 7.30. The lowest BCUT2D eigenvalue weighted by atomic mass is 9.91. The van der Waals surface area contributed by atoms with Crippen LogP contribution in [0.2, 0.25) is 0 Å². The highest BCUT2D eigenvalue weighted by molar-refractivity contribution is 14.1. The molecular weight excluding hydrogens is 352 g/mol. The van der Waals surface area contributed by atoms with Crippen LogP contribution in [0, 0.1) is 23.2 Å². The zero-order valence-electron chi connectivity index (χ0n) is 11.3. The quantitative estimate of drug-likeness (QED) is 0.793. The van der Waals surface area contributed by atoms with Crippen LogP contribution in [0.1, 0.15) is 28.3 Å². The average molecular weight is 369 g/mol. The van der Waals surface area contributed by atoms with Crippen molar-refractivity contribution >= 4 is 22.6 Å². The Balaban J connectivity index is 2.58. The van der Waals surface area contributed by atoms with E-state index in [0.717, 1.165) is 16.7 Å². The number of aryl methyl sites for hydroxylation is 2. The van der Waals surface area contributed by atoms with E-state index in [-0.39, 0.29) is 11.9 Å². The first-order valence-electron chi connectivity index (χ1n) is 6.23. The van der Waals surface area contributed by atoms with E-state index in [4.69, 9.17) is 0 Å². The van der Waals surface area contributed by atoms with Gasteiger partial charge in [-0.2, -0.15) is 0 Å². The maximum absolute atomic E-state index is 13.4. The van der Waals surface area contributed by atoms with Crippen LogP contribution in [-0.4, -0.2) is 7.05 Å². The fourth-order valence-corrected chi connectivity index (χ4v) is 3.24. The summed E-state index contributed by atoms with van der Waals surface area (Å²) in [6.45, 7) is 3.93. The van der Waals surface area contributed by atoms with E-state index in [0.29, 0.717) is 0 Å². The molecule has 0 aliphatic rings. The Hall–Kier alpha value is -0.940. The Morgan fingerprint density at radius 2 is 1.68 bits per heavy atom. The molecule has 3 heteroatoms.